The van der Waals surface area contributed by atoms with Gasteiger partial charge in [-0.2, -0.15) is 0 Å². The van der Waals surface area contributed by atoms with Crippen molar-refractivity contribution in [2.75, 3.05) is 0 Å². The zero-order chi connectivity index (χ0) is 13.3. The molecule has 0 unspecified atom stereocenters. The van der Waals surface area contributed by atoms with Crippen LogP contribution < -0.4 is 5.14 Å². The lowest BCUT2D eigenvalue weighted by Gasteiger charge is -2.01. The Morgan fingerprint density at radius 3 is 2.61 bits per heavy atom. The highest BCUT2D eigenvalue weighted by Crippen LogP contribution is 2.24. The van der Waals surface area contributed by atoms with Crippen molar-refractivity contribution in [1.82, 2.24) is 4.57 Å². The Morgan fingerprint density at radius 1 is 1.33 bits per heavy atom. The lowest BCUT2D eigenvalue weighted by atomic mass is 10.2. The molecule has 1 aromatic carbocycles. The van der Waals surface area contributed by atoms with E-state index < -0.39 is 16.0 Å². The minimum atomic E-state index is -3.82. The van der Waals surface area contributed by atoms with Crippen LogP contribution in [0, 0.1) is 0 Å². The normalized spacial score (nSPS) is 11.8. The molecule has 0 radical (unpaired) electrons. The zero-order valence-electron chi connectivity index (χ0n) is 9.41. The summed E-state index contributed by atoms with van der Waals surface area (Å²) >= 11 is 0. The topological polar surface area (TPSA) is 102 Å². The third-order valence-corrected chi connectivity index (χ3v) is 3.56. The molecule has 7 heteroatoms. The molecule has 0 amide bonds. The van der Waals surface area contributed by atoms with Gasteiger partial charge in [0.1, 0.15) is 4.90 Å². The predicted octanol–water partition coefficient (Wildman–Crippen LogP) is 0.763. The minimum absolute atomic E-state index is 0.0171. The van der Waals surface area contributed by atoms with E-state index in [0.717, 1.165) is 0 Å². The van der Waals surface area contributed by atoms with Crippen molar-refractivity contribution in [1.29, 1.82) is 0 Å². The fraction of sp³-hybridized carbons (Fsp3) is 0.182. The van der Waals surface area contributed by atoms with E-state index in [4.69, 9.17) is 10.2 Å². The Kier molecular flexibility index (Phi) is 3.10. The maximum absolute atomic E-state index is 11.4. The van der Waals surface area contributed by atoms with Crippen LogP contribution in [0.4, 0.5) is 0 Å². The Bertz CT molecular complexity index is 703. The van der Waals surface area contributed by atoms with Gasteiger partial charge in [-0.25, -0.2) is 13.6 Å². The number of nitrogens with zero attached hydrogens (tertiary/aromatic N) is 1. The average molecular weight is 268 g/mol. The van der Waals surface area contributed by atoms with Crippen LogP contribution in [0.5, 0.6) is 0 Å². The van der Waals surface area contributed by atoms with Crippen LogP contribution in [0.25, 0.3) is 10.9 Å². The van der Waals surface area contributed by atoms with Gasteiger partial charge in [0.25, 0.3) is 0 Å². The number of sulfonamides is 1. The molecule has 0 saturated carbocycles. The monoisotopic (exact) mass is 268 g/mol. The number of benzene rings is 1. The molecule has 18 heavy (non-hydrogen) atoms. The Morgan fingerprint density at radius 2 is 2.00 bits per heavy atom. The first-order chi connectivity index (χ1) is 8.39. The summed E-state index contributed by atoms with van der Waals surface area (Å²) in [5.74, 6) is -0.940. The maximum atomic E-state index is 11.4. The van der Waals surface area contributed by atoms with Gasteiger partial charge in [-0.15, -0.1) is 0 Å². The summed E-state index contributed by atoms with van der Waals surface area (Å²) in [6.07, 6.45) is 1.30. The van der Waals surface area contributed by atoms with Crippen LogP contribution in [-0.2, 0) is 21.4 Å². The van der Waals surface area contributed by atoms with E-state index in [2.05, 4.69) is 0 Å². The molecule has 3 N–H and O–H groups in total. The van der Waals surface area contributed by atoms with E-state index in [1.807, 2.05) is 0 Å². The second kappa shape index (κ2) is 4.43. The maximum Gasteiger partial charge on any atom is 0.305 e. The van der Waals surface area contributed by atoms with E-state index >= 15 is 0 Å². The van der Waals surface area contributed by atoms with Crippen molar-refractivity contribution >= 4 is 26.9 Å². The summed E-state index contributed by atoms with van der Waals surface area (Å²) < 4.78 is 24.5. The Balaban J connectivity index is 2.58. The molecule has 0 aliphatic carbocycles. The predicted molar refractivity (Wildman–Crippen MR) is 65.6 cm³/mol. The van der Waals surface area contributed by atoms with Crippen LogP contribution in [0.15, 0.2) is 35.4 Å². The first-order valence-electron chi connectivity index (χ1n) is 5.22. The number of aliphatic carboxylic acids is 1. The third kappa shape index (κ3) is 2.36. The minimum Gasteiger partial charge on any atom is -0.481 e. The van der Waals surface area contributed by atoms with E-state index in [1.54, 1.807) is 28.8 Å². The number of carboxylic acids is 1. The van der Waals surface area contributed by atoms with Gasteiger partial charge in [0.15, 0.2) is 0 Å². The molecule has 0 aliphatic heterocycles. The number of fused-ring (bicyclic) bond motifs is 1. The van der Waals surface area contributed by atoms with Gasteiger partial charge in [0.2, 0.25) is 10.0 Å². The fourth-order valence-corrected chi connectivity index (χ4v) is 2.59. The molecule has 1 heterocycles. The van der Waals surface area contributed by atoms with Crippen molar-refractivity contribution < 1.29 is 18.3 Å². The Labute approximate surface area is 104 Å². The van der Waals surface area contributed by atoms with Crippen molar-refractivity contribution in [3.8, 4) is 0 Å². The quantitative estimate of drug-likeness (QED) is 0.854. The van der Waals surface area contributed by atoms with Gasteiger partial charge in [-0.3, -0.25) is 4.79 Å². The molecule has 0 saturated heterocycles. The SMILES string of the molecule is NS(=O)(=O)c1cn(CCC(=O)O)c2ccccc12. The molecule has 0 atom stereocenters. The summed E-state index contributed by atoms with van der Waals surface area (Å²) in [7, 11) is -3.82. The lowest BCUT2D eigenvalue weighted by molar-refractivity contribution is -0.137. The average Bonchev–Trinajstić information content (AvgIpc) is 2.65. The number of aryl methyl sites for hydroxylation is 1. The number of aromatic nitrogens is 1. The van der Waals surface area contributed by atoms with Crippen LogP contribution in [0.1, 0.15) is 6.42 Å². The number of nitrogens with two attached hydrogens (primary N) is 1. The number of rotatable bonds is 4. The Hall–Kier alpha value is -1.86. The van der Waals surface area contributed by atoms with Gasteiger partial charge in [-0.05, 0) is 6.07 Å². The van der Waals surface area contributed by atoms with Gasteiger partial charge in [0.05, 0.1) is 6.42 Å². The van der Waals surface area contributed by atoms with Gasteiger partial charge in [0, 0.05) is 23.6 Å². The van der Waals surface area contributed by atoms with E-state index in [1.165, 1.54) is 6.20 Å². The van der Waals surface area contributed by atoms with E-state index in [0.29, 0.717) is 10.9 Å². The van der Waals surface area contributed by atoms with E-state index in [-0.39, 0.29) is 17.9 Å². The zero-order valence-corrected chi connectivity index (χ0v) is 10.2. The molecule has 0 spiro atoms. The second-order valence-corrected chi connectivity index (χ2v) is 5.42. The molecule has 2 rings (SSSR count). The number of hydrogen-bond donors (Lipinski definition) is 2. The molecule has 1 aromatic heterocycles. The molecular formula is C11H12N2O4S. The molecule has 6 nitrogen and oxygen atoms in total. The van der Waals surface area contributed by atoms with Crippen molar-refractivity contribution in [2.45, 2.75) is 17.9 Å². The molecule has 0 fully saturated rings. The van der Waals surface area contributed by atoms with Gasteiger partial charge in [-0.1, -0.05) is 18.2 Å². The van der Waals surface area contributed by atoms with Crippen molar-refractivity contribution in [2.24, 2.45) is 5.14 Å². The third-order valence-electron chi connectivity index (χ3n) is 2.63. The standard InChI is InChI=1S/C11H12N2O4S/c12-18(16,17)10-7-13(6-5-11(14)15)9-4-2-1-3-8(9)10/h1-4,7H,5-6H2,(H,14,15)(H2,12,16,17). The molecule has 2 aromatic rings. The summed E-state index contributed by atoms with van der Waals surface area (Å²) in [4.78, 5) is 10.6. The number of hydrogen-bond acceptors (Lipinski definition) is 3. The fourth-order valence-electron chi connectivity index (χ4n) is 1.84. The summed E-state index contributed by atoms with van der Waals surface area (Å²) in [6, 6.07) is 6.84. The van der Waals surface area contributed by atoms with Gasteiger partial charge >= 0.3 is 5.97 Å². The summed E-state index contributed by atoms with van der Waals surface area (Å²) in [5.41, 5.74) is 0.655. The molecular weight excluding hydrogens is 256 g/mol. The van der Waals surface area contributed by atoms with E-state index in [9.17, 15) is 13.2 Å². The number of carboxylic acid groups (broad SMARTS) is 1. The number of carbonyl (C=O) groups is 1. The highest BCUT2D eigenvalue weighted by Gasteiger charge is 2.16. The van der Waals surface area contributed by atoms with Crippen molar-refractivity contribution in [3.63, 3.8) is 0 Å². The first-order valence-corrected chi connectivity index (χ1v) is 6.76. The number of primary sulfonamides is 1. The first kappa shape index (κ1) is 12.6. The molecule has 0 bridgehead atoms. The molecule has 0 aliphatic rings. The van der Waals surface area contributed by atoms with Gasteiger partial charge < -0.3 is 9.67 Å². The summed E-state index contributed by atoms with van der Waals surface area (Å²) in [6.45, 7) is 0.200. The van der Waals surface area contributed by atoms with Crippen LogP contribution in [-0.4, -0.2) is 24.1 Å². The van der Waals surface area contributed by atoms with Crippen LogP contribution in [0.3, 0.4) is 0 Å². The number of para-hydroxylation sites is 1. The smallest absolute Gasteiger partial charge is 0.305 e. The summed E-state index contributed by atoms with van der Waals surface area (Å²) in [5, 5.41) is 14.3. The van der Waals surface area contributed by atoms with Crippen LogP contribution in [0.2, 0.25) is 0 Å². The highest BCUT2D eigenvalue weighted by molar-refractivity contribution is 7.89. The largest absolute Gasteiger partial charge is 0.481 e. The highest BCUT2D eigenvalue weighted by atomic mass is 32.2. The lowest BCUT2D eigenvalue weighted by Crippen LogP contribution is -2.11. The van der Waals surface area contributed by atoms with Crippen LogP contribution >= 0.6 is 0 Å². The molecule has 96 valence electrons. The second-order valence-electron chi connectivity index (χ2n) is 3.89. The van der Waals surface area contributed by atoms with Crippen molar-refractivity contribution in [3.05, 3.63) is 30.5 Å².